The van der Waals surface area contributed by atoms with Crippen molar-refractivity contribution in [1.82, 2.24) is 9.29 Å². The number of ketones is 1. The van der Waals surface area contributed by atoms with Crippen LogP contribution in [0.4, 0.5) is 0 Å². The van der Waals surface area contributed by atoms with Crippen LogP contribution in [0.5, 0.6) is 0 Å². The lowest BCUT2D eigenvalue weighted by molar-refractivity contribution is 0.103. The van der Waals surface area contributed by atoms with Crippen molar-refractivity contribution in [3.63, 3.8) is 0 Å². The number of carbonyl (C=O) groups excluding carboxylic acids is 1. The molecule has 2 aromatic carbocycles. The van der Waals surface area contributed by atoms with Crippen LogP contribution in [0.1, 0.15) is 67.7 Å². The largest absolute Gasteiger partial charge is 0.598 e. The molecule has 3 rings (SSSR count). The van der Waals surface area contributed by atoms with Crippen LogP contribution in [-0.4, -0.2) is 33.8 Å². The van der Waals surface area contributed by atoms with Gasteiger partial charge in [-0.15, -0.1) is 4.72 Å². The summed E-state index contributed by atoms with van der Waals surface area (Å²) >= 11 is 11.3. The molecule has 0 aliphatic carbocycles. The fourth-order valence-corrected chi connectivity index (χ4v) is 6.20. The number of nitrogens with zero attached hydrogens (tertiary/aromatic N) is 1. The molecule has 0 amide bonds. The molecule has 0 unspecified atom stereocenters. The first-order valence-corrected chi connectivity index (χ1v) is 16.0. The number of pyridine rings is 1. The number of sulfone groups is 1. The predicted molar refractivity (Wildman–Crippen MR) is 160 cm³/mol. The lowest BCUT2D eigenvalue weighted by atomic mass is 9.89. The summed E-state index contributed by atoms with van der Waals surface area (Å²) in [6, 6.07) is 10.4. The lowest BCUT2D eigenvalue weighted by Gasteiger charge is -2.27. The zero-order valence-electron chi connectivity index (χ0n) is 22.7. The first-order valence-electron chi connectivity index (χ1n) is 12.3. The van der Waals surface area contributed by atoms with Gasteiger partial charge in [0.25, 0.3) is 5.56 Å². The van der Waals surface area contributed by atoms with Gasteiger partial charge < -0.3 is 9.12 Å². The second kappa shape index (κ2) is 12.2. The number of aromatic nitrogens is 1. The standard InChI is InChI=1S/C28H32Cl2N2O5S2/c1-7-39(36,37)16-18-11-12-19(27(34)26-23(29)9-8-10-24(26)30)21(13-18)22-15-32(6)25(33)14-20(22)17(2)31-38(35)28(3,4)5/h8-15,17,31H,7,16H2,1-6H3/t17-,38-/m0/s1. The van der Waals surface area contributed by atoms with Crippen LogP contribution in [0.25, 0.3) is 11.1 Å². The highest BCUT2D eigenvalue weighted by molar-refractivity contribution is 7.91. The summed E-state index contributed by atoms with van der Waals surface area (Å²) in [5.41, 5.74) is 1.94. The third kappa shape index (κ3) is 7.34. The molecule has 1 N–H and O–H groups in total. The van der Waals surface area contributed by atoms with Crippen LogP contribution in [-0.2, 0) is 34.0 Å². The monoisotopic (exact) mass is 610 g/mol. The van der Waals surface area contributed by atoms with E-state index < -0.39 is 37.8 Å². The van der Waals surface area contributed by atoms with Gasteiger partial charge >= 0.3 is 0 Å². The molecule has 7 nitrogen and oxygen atoms in total. The fourth-order valence-electron chi connectivity index (χ4n) is 3.94. The van der Waals surface area contributed by atoms with E-state index in [-0.39, 0.29) is 38.2 Å². The number of nitrogens with one attached hydrogen (secondary N) is 1. The van der Waals surface area contributed by atoms with Gasteiger partial charge in [0.05, 0.1) is 27.4 Å². The Morgan fingerprint density at radius 3 is 2.28 bits per heavy atom. The number of halogens is 2. The number of hydrogen-bond donors (Lipinski definition) is 1. The van der Waals surface area contributed by atoms with E-state index in [0.29, 0.717) is 22.3 Å². The molecule has 0 saturated carbocycles. The average Bonchev–Trinajstić information content (AvgIpc) is 2.84. The Balaban J connectivity index is 2.31. The molecule has 11 heteroatoms. The Bertz CT molecular complexity index is 1540. The molecular formula is C28H32Cl2N2O5S2. The third-order valence-electron chi connectivity index (χ3n) is 6.20. The molecule has 0 aliphatic rings. The summed E-state index contributed by atoms with van der Waals surface area (Å²) in [6.45, 7) is 8.83. The van der Waals surface area contributed by atoms with Crippen LogP contribution in [0.3, 0.4) is 0 Å². The number of rotatable bonds is 9. The Hall–Kier alpha value is -2.14. The maximum atomic E-state index is 13.9. The van der Waals surface area contributed by atoms with Crippen LogP contribution in [0, 0.1) is 0 Å². The van der Waals surface area contributed by atoms with Crippen molar-refractivity contribution in [2.45, 2.75) is 51.2 Å². The van der Waals surface area contributed by atoms with Crippen molar-refractivity contribution in [1.29, 1.82) is 0 Å². The molecule has 0 radical (unpaired) electrons. The third-order valence-corrected chi connectivity index (χ3v) is 10.2. The maximum Gasteiger partial charge on any atom is 0.250 e. The van der Waals surface area contributed by atoms with Crippen molar-refractivity contribution in [2.24, 2.45) is 7.05 Å². The molecule has 3 aromatic rings. The molecule has 0 aliphatic heterocycles. The maximum absolute atomic E-state index is 13.9. The number of hydrogen-bond acceptors (Lipinski definition) is 6. The van der Waals surface area contributed by atoms with Gasteiger partial charge in [-0.2, -0.15) is 0 Å². The molecule has 1 aromatic heterocycles. The molecule has 1 heterocycles. The minimum absolute atomic E-state index is 0.0388. The van der Waals surface area contributed by atoms with Crippen LogP contribution in [0.15, 0.2) is 53.5 Å². The summed E-state index contributed by atoms with van der Waals surface area (Å²) in [7, 11) is -1.80. The molecule has 210 valence electrons. The number of benzene rings is 2. The van der Waals surface area contributed by atoms with Crippen molar-refractivity contribution < 1.29 is 17.8 Å². The normalized spacial score (nSPS) is 13.8. The molecule has 0 fully saturated rings. The van der Waals surface area contributed by atoms with Crippen LogP contribution >= 0.6 is 23.2 Å². The SMILES string of the molecule is CCS(=O)(=O)Cc1ccc(C(=O)c2c(Cl)cccc2Cl)c(-c2cn(C)c(=O)cc2[C@H](C)N[S@@+]([O-])C(C)(C)C)c1. The summed E-state index contributed by atoms with van der Waals surface area (Å²) in [5, 5.41) is 0.347. The number of carbonyl (C=O) groups is 1. The second-order valence-electron chi connectivity index (χ2n) is 10.3. The minimum atomic E-state index is -3.38. The van der Waals surface area contributed by atoms with Gasteiger partial charge in [-0.25, -0.2) is 8.42 Å². The molecule has 39 heavy (non-hydrogen) atoms. The van der Waals surface area contributed by atoms with Gasteiger partial charge in [-0.05, 0) is 62.6 Å². The zero-order chi connectivity index (χ0) is 29.3. The van der Waals surface area contributed by atoms with E-state index in [0.717, 1.165) is 0 Å². The summed E-state index contributed by atoms with van der Waals surface area (Å²) < 4.78 is 41.6. The highest BCUT2D eigenvalue weighted by atomic mass is 35.5. The van der Waals surface area contributed by atoms with E-state index in [1.54, 1.807) is 63.5 Å². The average molecular weight is 612 g/mol. The van der Waals surface area contributed by atoms with E-state index in [4.69, 9.17) is 23.2 Å². The van der Waals surface area contributed by atoms with E-state index in [1.807, 2.05) is 20.8 Å². The van der Waals surface area contributed by atoms with Crippen molar-refractivity contribution in [3.8, 4) is 11.1 Å². The molecule has 0 saturated heterocycles. The zero-order valence-corrected chi connectivity index (χ0v) is 25.8. The Labute approximate surface area is 242 Å². The van der Waals surface area contributed by atoms with Crippen molar-refractivity contribution >= 4 is 50.2 Å². The Morgan fingerprint density at radius 1 is 1.10 bits per heavy atom. The first kappa shape index (κ1) is 31.4. The molecule has 0 spiro atoms. The lowest BCUT2D eigenvalue weighted by Crippen LogP contribution is -2.41. The van der Waals surface area contributed by atoms with Gasteiger partial charge in [0.1, 0.15) is 4.75 Å². The highest BCUT2D eigenvalue weighted by Crippen LogP contribution is 2.35. The molecular weight excluding hydrogens is 579 g/mol. The van der Waals surface area contributed by atoms with Crippen molar-refractivity contribution in [3.05, 3.63) is 91.3 Å². The van der Waals surface area contributed by atoms with Gasteiger partial charge in [-0.1, -0.05) is 48.3 Å². The Morgan fingerprint density at radius 2 is 1.72 bits per heavy atom. The predicted octanol–water partition coefficient (Wildman–Crippen LogP) is 5.64. The van der Waals surface area contributed by atoms with Crippen LogP contribution < -0.4 is 10.3 Å². The first-order chi connectivity index (χ1) is 18.1. The minimum Gasteiger partial charge on any atom is -0.598 e. The van der Waals surface area contributed by atoms with Gasteiger partial charge in [0.15, 0.2) is 15.6 Å². The van der Waals surface area contributed by atoms with E-state index >= 15 is 0 Å². The van der Waals surface area contributed by atoms with Gasteiger partial charge in [0.2, 0.25) is 0 Å². The summed E-state index contributed by atoms with van der Waals surface area (Å²) in [6.07, 6.45) is 1.59. The molecule has 0 bridgehead atoms. The Kier molecular flexibility index (Phi) is 9.79. The highest BCUT2D eigenvalue weighted by Gasteiger charge is 2.30. The summed E-state index contributed by atoms with van der Waals surface area (Å²) in [4.78, 5) is 26.6. The smallest absolute Gasteiger partial charge is 0.250 e. The molecule has 2 atom stereocenters. The van der Waals surface area contributed by atoms with E-state index in [9.17, 15) is 22.6 Å². The van der Waals surface area contributed by atoms with Crippen LogP contribution in [0.2, 0.25) is 10.0 Å². The van der Waals surface area contributed by atoms with Gasteiger partial charge in [-0.3, -0.25) is 9.59 Å². The van der Waals surface area contributed by atoms with Gasteiger partial charge in [0, 0.05) is 47.6 Å². The van der Waals surface area contributed by atoms with Crippen molar-refractivity contribution in [2.75, 3.05) is 5.75 Å². The fraction of sp³-hybridized carbons (Fsp3) is 0.357. The second-order valence-corrected chi connectivity index (χ2v) is 15.5. The quantitative estimate of drug-likeness (QED) is 0.248. The van der Waals surface area contributed by atoms with E-state index in [2.05, 4.69) is 4.72 Å². The van der Waals surface area contributed by atoms with E-state index in [1.165, 1.54) is 10.6 Å². The summed E-state index contributed by atoms with van der Waals surface area (Å²) in [5.74, 6) is -0.715. The number of aryl methyl sites for hydroxylation is 1. The topological polar surface area (TPSA) is 108 Å².